The average Bonchev–Trinajstić information content (AvgIpc) is 2.46. The number of allylic oxidation sites excluding steroid dienone is 1. The van der Waals surface area contributed by atoms with Crippen LogP contribution >= 0.6 is 0 Å². The van der Waals surface area contributed by atoms with E-state index in [0.717, 1.165) is 0 Å². The van der Waals surface area contributed by atoms with Gasteiger partial charge in [-0.3, -0.25) is 0 Å². The molecule has 22 heavy (non-hydrogen) atoms. The molecular weight excluding hydrogens is 287 g/mol. The Balaban J connectivity index is 2.53. The van der Waals surface area contributed by atoms with Gasteiger partial charge < -0.3 is 25.4 Å². The minimum atomic E-state index is -1.72. The highest BCUT2D eigenvalue weighted by molar-refractivity contribution is 6.59. The van der Waals surface area contributed by atoms with Crippen LogP contribution in [0.5, 0.6) is 0 Å². The first-order chi connectivity index (χ1) is 10.5. The van der Waals surface area contributed by atoms with E-state index in [1.54, 1.807) is 32.0 Å². The normalized spacial score (nSPS) is 17.6. The summed E-state index contributed by atoms with van der Waals surface area (Å²) in [5.41, 5.74) is 1.24. The van der Waals surface area contributed by atoms with Crippen LogP contribution in [0.4, 0.5) is 4.79 Å². The first kappa shape index (κ1) is 16.1. The third kappa shape index (κ3) is 3.13. The van der Waals surface area contributed by atoms with Crippen molar-refractivity contribution in [3.63, 3.8) is 0 Å². The van der Waals surface area contributed by atoms with Crippen LogP contribution in [0.1, 0.15) is 25.5 Å². The maximum atomic E-state index is 12.2. The molecule has 1 aliphatic heterocycles. The molecule has 1 atom stereocenters. The van der Waals surface area contributed by atoms with E-state index in [9.17, 15) is 19.6 Å². The Morgan fingerprint density at radius 1 is 1.36 bits per heavy atom. The summed E-state index contributed by atoms with van der Waals surface area (Å²) in [4.78, 5) is 23.9. The van der Waals surface area contributed by atoms with Gasteiger partial charge in [0.25, 0.3) is 0 Å². The predicted octanol–water partition coefficient (Wildman–Crippen LogP) is -0.443. The average molecular weight is 304 g/mol. The molecule has 0 saturated carbocycles. The van der Waals surface area contributed by atoms with Gasteiger partial charge in [-0.15, -0.1) is 0 Å². The fourth-order valence-corrected chi connectivity index (χ4v) is 2.42. The zero-order chi connectivity index (χ0) is 16.3. The van der Waals surface area contributed by atoms with Gasteiger partial charge in [-0.05, 0) is 24.9 Å². The van der Waals surface area contributed by atoms with Gasteiger partial charge in [0.1, 0.15) is 0 Å². The molecule has 0 aliphatic carbocycles. The summed E-state index contributed by atoms with van der Waals surface area (Å²) >= 11 is 0. The van der Waals surface area contributed by atoms with Gasteiger partial charge in [0.15, 0.2) is 0 Å². The minimum Gasteiger partial charge on any atom is -0.463 e. The molecule has 4 N–H and O–H groups in total. The molecule has 1 aromatic carbocycles. The third-order valence-electron chi connectivity index (χ3n) is 3.35. The number of amides is 2. The number of hydrogen-bond acceptors (Lipinski definition) is 5. The third-order valence-corrected chi connectivity index (χ3v) is 3.35. The van der Waals surface area contributed by atoms with E-state index in [4.69, 9.17) is 4.74 Å². The molecule has 7 nitrogen and oxygen atoms in total. The maximum absolute atomic E-state index is 12.2. The topological polar surface area (TPSA) is 108 Å². The van der Waals surface area contributed by atoms with Crippen molar-refractivity contribution >= 4 is 24.6 Å². The first-order valence-corrected chi connectivity index (χ1v) is 6.86. The minimum absolute atomic E-state index is 0.195. The Morgan fingerprint density at radius 3 is 2.68 bits per heavy atom. The lowest BCUT2D eigenvalue weighted by Crippen LogP contribution is -2.48. The lowest BCUT2D eigenvalue weighted by Gasteiger charge is -2.29. The highest BCUT2D eigenvalue weighted by Crippen LogP contribution is 2.26. The van der Waals surface area contributed by atoms with Crippen molar-refractivity contribution in [1.82, 2.24) is 10.6 Å². The van der Waals surface area contributed by atoms with Crippen LogP contribution in [0.15, 0.2) is 35.5 Å². The van der Waals surface area contributed by atoms with Gasteiger partial charge in [-0.1, -0.05) is 24.3 Å². The van der Waals surface area contributed by atoms with Gasteiger partial charge in [0, 0.05) is 5.70 Å². The summed E-state index contributed by atoms with van der Waals surface area (Å²) in [6, 6.07) is 5.18. The summed E-state index contributed by atoms with van der Waals surface area (Å²) in [5, 5.41) is 24.1. The van der Waals surface area contributed by atoms with Gasteiger partial charge >= 0.3 is 19.1 Å². The van der Waals surface area contributed by atoms with E-state index >= 15 is 0 Å². The van der Waals surface area contributed by atoms with Crippen molar-refractivity contribution in [1.29, 1.82) is 0 Å². The zero-order valence-corrected chi connectivity index (χ0v) is 12.3. The summed E-state index contributed by atoms with van der Waals surface area (Å²) in [6.07, 6.45) is 0. The summed E-state index contributed by atoms with van der Waals surface area (Å²) in [7, 11) is -1.72. The van der Waals surface area contributed by atoms with Crippen LogP contribution in [-0.2, 0) is 9.53 Å². The van der Waals surface area contributed by atoms with Crippen molar-refractivity contribution < 1.29 is 24.4 Å². The molecule has 2 rings (SSSR count). The van der Waals surface area contributed by atoms with Crippen molar-refractivity contribution in [3.05, 3.63) is 41.1 Å². The smallest absolute Gasteiger partial charge is 0.463 e. The van der Waals surface area contributed by atoms with E-state index < -0.39 is 25.2 Å². The number of rotatable bonds is 4. The number of nitrogens with one attached hydrogen (secondary N) is 2. The highest BCUT2D eigenvalue weighted by atomic mass is 16.5. The van der Waals surface area contributed by atoms with Gasteiger partial charge in [-0.25, -0.2) is 9.59 Å². The van der Waals surface area contributed by atoms with E-state index in [-0.39, 0.29) is 17.6 Å². The molecular formula is C14H17BN2O5. The van der Waals surface area contributed by atoms with Crippen molar-refractivity contribution in [3.8, 4) is 0 Å². The van der Waals surface area contributed by atoms with Crippen LogP contribution in [0.2, 0.25) is 0 Å². The number of benzene rings is 1. The summed E-state index contributed by atoms with van der Waals surface area (Å²) in [6.45, 7) is 3.47. The molecule has 8 heteroatoms. The number of ether oxygens (including phenoxy) is 1. The van der Waals surface area contributed by atoms with Crippen LogP contribution in [0.25, 0.3) is 0 Å². The highest BCUT2D eigenvalue weighted by Gasteiger charge is 2.34. The molecule has 1 unspecified atom stereocenters. The van der Waals surface area contributed by atoms with Crippen LogP contribution in [0, 0.1) is 0 Å². The van der Waals surface area contributed by atoms with Crippen LogP contribution in [-0.4, -0.2) is 35.8 Å². The SMILES string of the molecule is CCOC(=O)C1=C(C)NC(=O)NC1c1ccccc1B(O)O. The lowest BCUT2D eigenvalue weighted by atomic mass is 9.74. The van der Waals surface area contributed by atoms with Crippen LogP contribution < -0.4 is 16.1 Å². The second-order valence-corrected chi connectivity index (χ2v) is 4.79. The number of esters is 1. The number of hydrogen-bond donors (Lipinski definition) is 4. The fourth-order valence-electron chi connectivity index (χ4n) is 2.42. The van der Waals surface area contributed by atoms with E-state index in [0.29, 0.717) is 11.3 Å². The monoisotopic (exact) mass is 304 g/mol. The predicted molar refractivity (Wildman–Crippen MR) is 80.0 cm³/mol. The Bertz CT molecular complexity index is 629. The Hall–Kier alpha value is -2.32. The number of urea groups is 1. The van der Waals surface area contributed by atoms with Crippen LogP contribution in [0.3, 0.4) is 0 Å². The Morgan fingerprint density at radius 2 is 2.05 bits per heavy atom. The second-order valence-electron chi connectivity index (χ2n) is 4.79. The van der Waals surface area contributed by atoms with Crippen molar-refractivity contribution in [2.24, 2.45) is 0 Å². The lowest BCUT2D eigenvalue weighted by molar-refractivity contribution is -0.139. The summed E-state index contributed by atoms with van der Waals surface area (Å²) < 4.78 is 5.03. The van der Waals surface area contributed by atoms with Gasteiger partial charge in [0.2, 0.25) is 0 Å². The van der Waals surface area contributed by atoms with Gasteiger partial charge in [0.05, 0.1) is 18.2 Å². The molecule has 1 heterocycles. The fraction of sp³-hybridized carbons (Fsp3) is 0.286. The number of carbonyl (C=O) groups is 2. The quantitative estimate of drug-likeness (QED) is 0.445. The molecule has 0 radical (unpaired) electrons. The molecule has 0 saturated heterocycles. The largest absolute Gasteiger partial charge is 0.488 e. The summed E-state index contributed by atoms with van der Waals surface area (Å²) in [5.74, 6) is -0.570. The first-order valence-electron chi connectivity index (χ1n) is 6.86. The molecule has 0 bridgehead atoms. The standard InChI is InChI=1S/C14H17BN2O5/c1-3-22-13(18)11-8(2)16-14(19)17-12(11)9-6-4-5-7-10(9)15(20)21/h4-7,12,20-21H,3H2,1-2H3,(H2,16,17,19). The molecule has 116 valence electrons. The molecule has 2 amide bonds. The van der Waals surface area contributed by atoms with E-state index in [2.05, 4.69) is 10.6 Å². The molecule has 0 spiro atoms. The van der Waals surface area contributed by atoms with Gasteiger partial charge in [-0.2, -0.15) is 0 Å². The van der Waals surface area contributed by atoms with Crippen molar-refractivity contribution in [2.45, 2.75) is 19.9 Å². The molecule has 1 aliphatic rings. The second kappa shape index (κ2) is 6.63. The number of carbonyl (C=O) groups excluding carboxylic acids is 2. The molecule has 0 aromatic heterocycles. The van der Waals surface area contributed by atoms with E-state index in [1.165, 1.54) is 6.07 Å². The molecule has 0 fully saturated rings. The van der Waals surface area contributed by atoms with E-state index in [1.807, 2.05) is 0 Å². The van der Waals surface area contributed by atoms with Crippen molar-refractivity contribution in [2.75, 3.05) is 6.61 Å². The zero-order valence-electron chi connectivity index (χ0n) is 12.3. The Labute approximate surface area is 128 Å². The maximum Gasteiger partial charge on any atom is 0.488 e. The molecule has 1 aromatic rings. The Kier molecular flexibility index (Phi) is 4.84.